The van der Waals surface area contributed by atoms with Crippen LogP contribution in [-0.4, -0.2) is 25.4 Å². The minimum atomic E-state index is -0.266. The van der Waals surface area contributed by atoms with Gasteiger partial charge in [-0.2, -0.15) is 0 Å². The van der Waals surface area contributed by atoms with Gasteiger partial charge in [0.2, 0.25) is 0 Å². The van der Waals surface area contributed by atoms with Crippen LogP contribution < -0.4 is 14.8 Å². The number of hydrogen-bond donors (Lipinski definition) is 1. The molecule has 0 fully saturated rings. The van der Waals surface area contributed by atoms with Gasteiger partial charge in [0.05, 0.1) is 12.0 Å². The van der Waals surface area contributed by atoms with Crippen LogP contribution in [0.3, 0.4) is 0 Å². The minimum Gasteiger partial charge on any atom is -0.493 e. The second-order valence-electron chi connectivity index (χ2n) is 6.94. The third kappa shape index (κ3) is 6.55. The number of benzene rings is 2. The quantitative estimate of drug-likeness (QED) is 0.252. The Hall–Kier alpha value is -2.90. The van der Waals surface area contributed by atoms with E-state index in [1.54, 1.807) is 36.4 Å². The number of aryl methyl sites for hydroxylation is 1. The standard InChI is InChI=1S/C25H24BrNO4S/c1-3-7-23-19(26)15-24(32-23)20(28)12-10-17-11-13-21(22(14-17)30-2)31-16-25(29)27-18-8-5-4-6-9-18/h4-6,8-15H,3,7,16H2,1-2H3,(H,27,29)/b12-10+. The van der Waals surface area contributed by atoms with Crippen molar-refractivity contribution in [2.75, 3.05) is 19.0 Å². The molecule has 0 spiro atoms. The van der Waals surface area contributed by atoms with Crippen LogP contribution in [0.15, 0.2) is 65.1 Å². The average molecular weight is 514 g/mol. The second kappa shape index (κ2) is 11.6. The Morgan fingerprint density at radius 1 is 1.09 bits per heavy atom. The molecule has 3 aromatic rings. The zero-order valence-electron chi connectivity index (χ0n) is 17.9. The zero-order chi connectivity index (χ0) is 22.9. The Kier molecular flexibility index (Phi) is 8.64. The normalized spacial score (nSPS) is 10.8. The van der Waals surface area contributed by atoms with Crippen molar-refractivity contribution in [3.05, 3.63) is 80.5 Å². The van der Waals surface area contributed by atoms with Gasteiger partial charge in [-0.15, -0.1) is 11.3 Å². The first kappa shape index (κ1) is 23.8. The Bertz CT molecular complexity index is 1110. The molecule has 0 unspecified atom stereocenters. The predicted molar refractivity (Wildman–Crippen MR) is 133 cm³/mol. The number of nitrogens with one attached hydrogen (secondary N) is 1. The van der Waals surface area contributed by atoms with Crippen LogP contribution in [0.4, 0.5) is 5.69 Å². The largest absolute Gasteiger partial charge is 0.493 e. The number of halogens is 1. The molecule has 0 aliphatic heterocycles. The summed E-state index contributed by atoms with van der Waals surface area (Å²) in [7, 11) is 1.53. The predicted octanol–water partition coefficient (Wildman–Crippen LogP) is 6.39. The lowest BCUT2D eigenvalue weighted by Crippen LogP contribution is -2.20. The summed E-state index contributed by atoms with van der Waals surface area (Å²) in [5, 5.41) is 2.77. The van der Waals surface area contributed by atoms with Gasteiger partial charge in [-0.05, 0) is 64.3 Å². The Balaban J connectivity index is 1.62. The van der Waals surface area contributed by atoms with E-state index in [0.717, 1.165) is 22.9 Å². The van der Waals surface area contributed by atoms with E-state index in [1.807, 2.05) is 30.3 Å². The summed E-state index contributed by atoms with van der Waals surface area (Å²) in [6.07, 6.45) is 5.27. The summed E-state index contributed by atoms with van der Waals surface area (Å²) in [6.45, 7) is 1.97. The van der Waals surface area contributed by atoms with Gasteiger partial charge in [0.15, 0.2) is 23.9 Å². The van der Waals surface area contributed by atoms with Gasteiger partial charge in [-0.1, -0.05) is 43.7 Å². The van der Waals surface area contributed by atoms with Crippen LogP contribution in [0.25, 0.3) is 6.08 Å². The third-order valence-corrected chi connectivity index (χ3v) is 6.69. The summed E-state index contributed by atoms with van der Waals surface area (Å²) in [4.78, 5) is 26.5. The second-order valence-corrected chi connectivity index (χ2v) is 8.93. The van der Waals surface area contributed by atoms with Crippen molar-refractivity contribution in [3.8, 4) is 11.5 Å². The molecule has 0 aliphatic rings. The molecule has 1 N–H and O–H groups in total. The zero-order valence-corrected chi connectivity index (χ0v) is 20.3. The maximum absolute atomic E-state index is 12.5. The van der Waals surface area contributed by atoms with E-state index in [4.69, 9.17) is 9.47 Å². The number of anilines is 1. The molecule has 0 aliphatic carbocycles. The highest BCUT2D eigenvalue weighted by molar-refractivity contribution is 9.10. The first-order valence-electron chi connectivity index (χ1n) is 10.2. The van der Waals surface area contributed by atoms with Crippen molar-refractivity contribution < 1.29 is 19.1 Å². The van der Waals surface area contributed by atoms with E-state index in [9.17, 15) is 9.59 Å². The van der Waals surface area contributed by atoms with Crippen LogP contribution in [0.2, 0.25) is 0 Å². The van der Waals surface area contributed by atoms with E-state index < -0.39 is 0 Å². The molecule has 3 rings (SSSR count). The van der Waals surface area contributed by atoms with Gasteiger partial charge in [0.1, 0.15) is 0 Å². The van der Waals surface area contributed by atoms with E-state index in [2.05, 4.69) is 28.2 Å². The topological polar surface area (TPSA) is 64.6 Å². The number of carbonyl (C=O) groups is 2. The van der Waals surface area contributed by atoms with E-state index >= 15 is 0 Å². The van der Waals surface area contributed by atoms with Crippen molar-refractivity contribution in [3.63, 3.8) is 0 Å². The van der Waals surface area contributed by atoms with E-state index in [0.29, 0.717) is 22.1 Å². The number of ketones is 1. The first-order chi connectivity index (χ1) is 15.5. The van der Waals surface area contributed by atoms with E-state index in [-0.39, 0.29) is 18.3 Å². The molecule has 32 heavy (non-hydrogen) atoms. The monoisotopic (exact) mass is 513 g/mol. The number of methoxy groups -OCH3 is 1. The lowest BCUT2D eigenvalue weighted by Gasteiger charge is -2.11. The number of hydrogen-bond acceptors (Lipinski definition) is 5. The van der Waals surface area contributed by atoms with E-state index in [1.165, 1.54) is 23.3 Å². The Labute approximate surface area is 200 Å². The number of amides is 1. The van der Waals surface area contributed by atoms with Crippen LogP contribution in [0, 0.1) is 0 Å². The lowest BCUT2D eigenvalue weighted by molar-refractivity contribution is -0.118. The Morgan fingerprint density at radius 2 is 1.88 bits per heavy atom. The maximum Gasteiger partial charge on any atom is 0.262 e. The van der Waals surface area contributed by atoms with Crippen molar-refractivity contribution in [2.24, 2.45) is 0 Å². The summed E-state index contributed by atoms with van der Waals surface area (Å²) in [5.74, 6) is 0.620. The smallest absolute Gasteiger partial charge is 0.262 e. The van der Waals surface area contributed by atoms with Crippen molar-refractivity contribution in [1.82, 2.24) is 0 Å². The molecule has 166 valence electrons. The number of rotatable bonds is 10. The molecule has 0 bridgehead atoms. The van der Waals surface area contributed by atoms with Gasteiger partial charge in [0, 0.05) is 15.0 Å². The molecule has 1 aromatic heterocycles. The Morgan fingerprint density at radius 3 is 2.59 bits per heavy atom. The molecule has 0 atom stereocenters. The van der Waals surface area contributed by atoms with Crippen molar-refractivity contribution >= 4 is 50.7 Å². The third-order valence-electron chi connectivity index (χ3n) is 4.51. The fraction of sp³-hybridized carbons (Fsp3) is 0.200. The molecule has 0 saturated heterocycles. The fourth-order valence-corrected chi connectivity index (χ4v) is 4.84. The van der Waals surface area contributed by atoms with Crippen LogP contribution in [0.5, 0.6) is 11.5 Å². The summed E-state index contributed by atoms with van der Waals surface area (Å²) >= 11 is 5.04. The molecular formula is C25H24BrNO4S. The highest BCUT2D eigenvalue weighted by Crippen LogP contribution is 2.30. The number of allylic oxidation sites excluding steroid dienone is 1. The number of ether oxygens (including phenoxy) is 2. The van der Waals surface area contributed by atoms with Gasteiger partial charge >= 0.3 is 0 Å². The molecule has 7 heteroatoms. The SMILES string of the molecule is CCCc1sc(C(=O)/C=C/c2ccc(OCC(=O)Nc3ccccc3)c(OC)c2)cc1Br. The first-order valence-corrected chi connectivity index (χ1v) is 11.8. The molecule has 0 saturated carbocycles. The summed E-state index contributed by atoms with van der Waals surface area (Å²) < 4.78 is 12.0. The van der Waals surface area contributed by atoms with Gasteiger partial charge in [-0.3, -0.25) is 9.59 Å². The van der Waals surface area contributed by atoms with Crippen LogP contribution in [0.1, 0.15) is 33.5 Å². The molecule has 2 aromatic carbocycles. The molecule has 5 nitrogen and oxygen atoms in total. The van der Waals surface area contributed by atoms with Crippen molar-refractivity contribution in [2.45, 2.75) is 19.8 Å². The number of thiophene rings is 1. The lowest BCUT2D eigenvalue weighted by atomic mass is 10.1. The molecule has 1 amide bonds. The molecule has 1 heterocycles. The molecular weight excluding hydrogens is 490 g/mol. The van der Waals surface area contributed by atoms with Gasteiger partial charge in [-0.25, -0.2) is 0 Å². The van der Waals surface area contributed by atoms with Crippen LogP contribution in [-0.2, 0) is 11.2 Å². The van der Waals surface area contributed by atoms with Gasteiger partial charge < -0.3 is 14.8 Å². The maximum atomic E-state index is 12.5. The summed E-state index contributed by atoms with van der Waals surface area (Å²) in [5.41, 5.74) is 1.50. The highest BCUT2D eigenvalue weighted by atomic mass is 79.9. The van der Waals surface area contributed by atoms with Crippen molar-refractivity contribution in [1.29, 1.82) is 0 Å². The van der Waals surface area contributed by atoms with Crippen LogP contribution >= 0.6 is 27.3 Å². The minimum absolute atomic E-state index is 0.0464. The number of carbonyl (C=O) groups excluding carboxylic acids is 2. The number of para-hydroxylation sites is 1. The molecule has 0 radical (unpaired) electrons. The van der Waals surface area contributed by atoms with Gasteiger partial charge in [0.25, 0.3) is 5.91 Å². The fourth-order valence-electron chi connectivity index (χ4n) is 2.95. The summed E-state index contributed by atoms with van der Waals surface area (Å²) in [6, 6.07) is 16.4. The highest BCUT2D eigenvalue weighted by Gasteiger charge is 2.12. The average Bonchev–Trinajstić information content (AvgIpc) is 3.17.